The number of rotatable bonds is 6. The van der Waals surface area contributed by atoms with Crippen LogP contribution in [0.15, 0.2) is 18.2 Å². The van der Waals surface area contributed by atoms with Crippen LogP contribution >= 0.6 is 0 Å². The molecule has 0 atom stereocenters. The van der Waals surface area contributed by atoms with Crippen molar-refractivity contribution in [3.05, 3.63) is 29.8 Å². The van der Waals surface area contributed by atoms with Gasteiger partial charge in [0.15, 0.2) is 11.6 Å². The van der Waals surface area contributed by atoms with E-state index >= 15 is 0 Å². The largest absolute Gasteiger partial charge is 0.490 e. The van der Waals surface area contributed by atoms with Crippen molar-refractivity contribution in [3.63, 3.8) is 0 Å². The fourth-order valence-corrected chi connectivity index (χ4v) is 2.46. The van der Waals surface area contributed by atoms with Gasteiger partial charge in [0.2, 0.25) is 0 Å². The highest BCUT2D eigenvalue weighted by atomic mass is 19.1. The second-order valence-corrected chi connectivity index (χ2v) is 5.07. The van der Waals surface area contributed by atoms with Gasteiger partial charge < -0.3 is 10.1 Å². The van der Waals surface area contributed by atoms with Crippen LogP contribution in [0.1, 0.15) is 38.5 Å². The quantitative estimate of drug-likeness (QED) is 0.796. The van der Waals surface area contributed by atoms with E-state index in [1.165, 1.54) is 32.1 Å². The molecule has 1 fully saturated rings. The molecule has 0 heterocycles. The molecule has 1 aromatic carbocycles. The molecule has 19 heavy (non-hydrogen) atoms. The van der Waals surface area contributed by atoms with Gasteiger partial charge in [0.25, 0.3) is 0 Å². The Morgan fingerprint density at radius 2 is 1.95 bits per heavy atom. The predicted octanol–water partition coefficient (Wildman–Crippen LogP) is 3.66. The fourth-order valence-electron chi connectivity index (χ4n) is 2.46. The Morgan fingerprint density at radius 1 is 1.16 bits per heavy atom. The Bertz CT molecular complexity index is 392. The molecule has 2 nitrogen and oxygen atoms in total. The van der Waals surface area contributed by atoms with Crippen LogP contribution in [0.25, 0.3) is 0 Å². The number of hydrogen-bond donors (Lipinski definition) is 1. The Balaban J connectivity index is 1.62. The number of ether oxygens (including phenoxy) is 1. The molecule has 0 amide bonds. The lowest BCUT2D eigenvalue weighted by Crippen LogP contribution is -2.32. The lowest BCUT2D eigenvalue weighted by molar-refractivity contribution is 0.283. The zero-order chi connectivity index (χ0) is 13.5. The van der Waals surface area contributed by atoms with E-state index in [1.807, 2.05) is 0 Å². The Hall–Kier alpha value is -1.16. The number of benzene rings is 1. The van der Waals surface area contributed by atoms with Gasteiger partial charge in [-0.1, -0.05) is 19.3 Å². The van der Waals surface area contributed by atoms with Gasteiger partial charge in [-0.15, -0.1) is 0 Å². The van der Waals surface area contributed by atoms with E-state index in [-0.39, 0.29) is 5.75 Å². The van der Waals surface area contributed by atoms with Crippen molar-refractivity contribution in [3.8, 4) is 5.75 Å². The first-order valence-electron chi connectivity index (χ1n) is 7.07. The maximum atomic E-state index is 13.3. The molecule has 106 valence electrons. The van der Waals surface area contributed by atoms with Gasteiger partial charge in [0.1, 0.15) is 5.82 Å². The summed E-state index contributed by atoms with van der Waals surface area (Å²) in [5.74, 6) is -0.990. The molecule has 0 unspecified atom stereocenters. The Morgan fingerprint density at radius 3 is 2.74 bits per heavy atom. The predicted molar refractivity (Wildman–Crippen MR) is 71.3 cm³/mol. The molecule has 1 aliphatic rings. The lowest BCUT2D eigenvalue weighted by Gasteiger charge is -2.22. The van der Waals surface area contributed by atoms with Gasteiger partial charge in [-0.05, 0) is 37.9 Å². The van der Waals surface area contributed by atoms with Crippen LogP contribution in [0.5, 0.6) is 5.75 Å². The first-order chi connectivity index (χ1) is 9.25. The molecular formula is C15H21F2NO. The van der Waals surface area contributed by atoms with Crippen molar-refractivity contribution in [1.82, 2.24) is 5.32 Å². The third-order valence-electron chi connectivity index (χ3n) is 3.51. The molecule has 0 bridgehead atoms. The molecule has 1 aromatic rings. The molecule has 0 radical (unpaired) electrons. The molecule has 1 N–H and O–H groups in total. The average Bonchev–Trinajstić information content (AvgIpc) is 2.43. The maximum absolute atomic E-state index is 13.3. The van der Waals surface area contributed by atoms with Gasteiger partial charge in [0, 0.05) is 12.1 Å². The number of nitrogens with one attached hydrogen (secondary N) is 1. The van der Waals surface area contributed by atoms with E-state index in [0.717, 1.165) is 31.2 Å². The normalized spacial score (nSPS) is 16.5. The molecule has 0 aliphatic heterocycles. The minimum atomic E-state index is -0.512. The van der Waals surface area contributed by atoms with Crippen LogP contribution in [0.3, 0.4) is 0 Å². The average molecular weight is 269 g/mol. The summed E-state index contributed by atoms with van der Waals surface area (Å²) in [5.41, 5.74) is 0. The molecule has 0 spiro atoms. The van der Waals surface area contributed by atoms with E-state index in [9.17, 15) is 8.78 Å². The third-order valence-corrected chi connectivity index (χ3v) is 3.51. The lowest BCUT2D eigenvalue weighted by atomic mass is 9.95. The molecule has 4 heteroatoms. The van der Waals surface area contributed by atoms with E-state index in [1.54, 1.807) is 0 Å². The van der Waals surface area contributed by atoms with Crippen LogP contribution in [0, 0.1) is 11.6 Å². The smallest absolute Gasteiger partial charge is 0.165 e. The highest BCUT2D eigenvalue weighted by Crippen LogP contribution is 2.18. The zero-order valence-corrected chi connectivity index (χ0v) is 11.1. The van der Waals surface area contributed by atoms with Crippen LogP contribution in [-0.4, -0.2) is 19.2 Å². The van der Waals surface area contributed by atoms with Crippen LogP contribution in [0.2, 0.25) is 0 Å². The van der Waals surface area contributed by atoms with E-state index < -0.39 is 11.6 Å². The van der Waals surface area contributed by atoms with Crippen LogP contribution in [0.4, 0.5) is 8.78 Å². The van der Waals surface area contributed by atoms with E-state index in [4.69, 9.17) is 4.74 Å². The monoisotopic (exact) mass is 269 g/mol. The van der Waals surface area contributed by atoms with Crippen molar-refractivity contribution in [2.75, 3.05) is 13.2 Å². The third kappa shape index (κ3) is 4.78. The van der Waals surface area contributed by atoms with Crippen molar-refractivity contribution < 1.29 is 13.5 Å². The maximum Gasteiger partial charge on any atom is 0.165 e. The first kappa shape index (κ1) is 14.3. The summed E-state index contributed by atoms with van der Waals surface area (Å²) in [4.78, 5) is 0. The van der Waals surface area contributed by atoms with Gasteiger partial charge in [-0.2, -0.15) is 0 Å². The van der Waals surface area contributed by atoms with Gasteiger partial charge in [-0.3, -0.25) is 0 Å². The molecular weight excluding hydrogens is 248 g/mol. The molecule has 0 saturated heterocycles. The summed E-state index contributed by atoms with van der Waals surface area (Å²) in [6.07, 6.45) is 7.26. The Kier molecular flexibility index (Phi) is 5.58. The minimum absolute atomic E-state index is 0.00216. The topological polar surface area (TPSA) is 21.3 Å². The summed E-state index contributed by atoms with van der Waals surface area (Å²) in [6.45, 7) is 1.27. The zero-order valence-electron chi connectivity index (χ0n) is 11.1. The highest BCUT2D eigenvalue weighted by Gasteiger charge is 2.11. The van der Waals surface area contributed by atoms with Crippen LogP contribution < -0.4 is 10.1 Å². The first-order valence-corrected chi connectivity index (χ1v) is 7.07. The van der Waals surface area contributed by atoms with E-state index in [2.05, 4.69) is 5.32 Å². The van der Waals surface area contributed by atoms with Crippen molar-refractivity contribution in [2.45, 2.75) is 44.6 Å². The van der Waals surface area contributed by atoms with Crippen molar-refractivity contribution >= 4 is 0 Å². The second kappa shape index (κ2) is 7.43. The summed E-state index contributed by atoms with van der Waals surface area (Å²) in [6, 6.07) is 3.89. The summed E-state index contributed by atoms with van der Waals surface area (Å²) >= 11 is 0. The standard InChI is InChI=1S/C15H21F2NO/c16-12-7-8-14(17)15(11-12)19-10-4-9-18-13-5-2-1-3-6-13/h7-8,11,13,18H,1-6,9-10H2. The van der Waals surface area contributed by atoms with Crippen LogP contribution in [-0.2, 0) is 0 Å². The van der Waals surface area contributed by atoms with Gasteiger partial charge in [-0.25, -0.2) is 8.78 Å². The van der Waals surface area contributed by atoms with Crippen molar-refractivity contribution in [1.29, 1.82) is 0 Å². The summed E-state index contributed by atoms with van der Waals surface area (Å²) in [5, 5.41) is 3.49. The van der Waals surface area contributed by atoms with Crippen molar-refractivity contribution in [2.24, 2.45) is 0 Å². The Labute approximate surface area is 113 Å². The summed E-state index contributed by atoms with van der Waals surface area (Å²) in [7, 11) is 0. The highest BCUT2D eigenvalue weighted by molar-refractivity contribution is 5.24. The number of halogens is 2. The number of hydrogen-bond acceptors (Lipinski definition) is 2. The van der Waals surface area contributed by atoms with E-state index in [0.29, 0.717) is 12.6 Å². The molecule has 2 rings (SSSR count). The summed E-state index contributed by atoms with van der Waals surface area (Å²) < 4.78 is 31.4. The van der Waals surface area contributed by atoms with Gasteiger partial charge in [0.05, 0.1) is 6.61 Å². The van der Waals surface area contributed by atoms with Gasteiger partial charge >= 0.3 is 0 Å². The molecule has 1 aliphatic carbocycles. The minimum Gasteiger partial charge on any atom is -0.490 e. The molecule has 0 aromatic heterocycles. The fraction of sp³-hybridized carbons (Fsp3) is 0.600. The second-order valence-electron chi connectivity index (χ2n) is 5.07. The SMILES string of the molecule is Fc1ccc(F)c(OCCCNC2CCCCC2)c1. The molecule has 1 saturated carbocycles.